The van der Waals surface area contributed by atoms with E-state index in [4.69, 9.17) is 0 Å². The zero-order chi connectivity index (χ0) is 14.4. The summed E-state index contributed by atoms with van der Waals surface area (Å²) in [5, 5.41) is 3.40. The number of thiophene rings is 1. The molecule has 1 heterocycles. The van der Waals surface area contributed by atoms with E-state index in [9.17, 15) is 4.79 Å². The van der Waals surface area contributed by atoms with E-state index in [0.29, 0.717) is 6.04 Å². The number of carbonyl (C=O) groups is 1. The Kier molecular flexibility index (Phi) is 5.27. The van der Waals surface area contributed by atoms with Crippen LogP contribution in [0.15, 0.2) is 36.4 Å². The van der Waals surface area contributed by atoms with E-state index >= 15 is 0 Å². The molecule has 1 N–H and O–H groups in total. The summed E-state index contributed by atoms with van der Waals surface area (Å²) in [6.07, 6.45) is 5.00. The van der Waals surface area contributed by atoms with E-state index in [1.807, 2.05) is 18.2 Å². The third-order valence-electron chi connectivity index (χ3n) is 3.15. The second-order valence-corrected chi connectivity index (χ2v) is 5.78. The third-order valence-corrected chi connectivity index (χ3v) is 4.13. The van der Waals surface area contributed by atoms with Crippen LogP contribution in [0.2, 0.25) is 0 Å². The summed E-state index contributed by atoms with van der Waals surface area (Å²) in [5.41, 5.74) is 2.46. The molecule has 104 valence electrons. The molecule has 0 aliphatic heterocycles. The van der Waals surface area contributed by atoms with Crippen molar-refractivity contribution in [1.82, 2.24) is 5.32 Å². The average Bonchev–Trinajstić information content (AvgIpc) is 2.94. The van der Waals surface area contributed by atoms with Crippen molar-refractivity contribution in [2.45, 2.75) is 19.9 Å². The molecule has 0 spiro atoms. The van der Waals surface area contributed by atoms with Crippen LogP contribution in [-0.4, -0.2) is 12.8 Å². The van der Waals surface area contributed by atoms with Crippen LogP contribution in [0.5, 0.6) is 0 Å². The highest BCUT2D eigenvalue weighted by molar-refractivity contribution is 7.14. The summed E-state index contributed by atoms with van der Waals surface area (Å²) >= 11 is 1.50. The van der Waals surface area contributed by atoms with Gasteiger partial charge in [-0.05, 0) is 42.8 Å². The van der Waals surface area contributed by atoms with Crippen molar-refractivity contribution >= 4 is 29.8 Å². The molecule has 1 aromatic heterocycles. The van der Waals surface area contributed by atoms with Gasteiger partial charge in [0.15, 0.2) is 6.29 Å². The van der Waals surface area contributed by atoms with Gasteiger partial charge in [0.1, 0.15) is 0 Å². The van der Waals surface area contributed by atoms with Crippen molar-refractivity contribution in [2.24, 2.45) is 0 Å². The van der Waals surface area contributed by atoms with E-state index in [1.54, 1.807) is 0 Å². The van der Waals surface area contributed by atoms with Crippen LogP contribution in [0.3, 0.4) is 0 Å². The minimum atomic E-state index is 0.380. The predicted molar refractivity (Wildman–Crippen MR) is 87.2 cm³/mol. The first-order valence-electron chi connectivity index (χ1n) is 6.79. The second-order valence-electron chi connectivity index (χ2n) is 4.64. The molecule has 0 radical (unpaired) electrons. The Labute approximate surface area is 124 Å². The standard InChI is InChI=1S/C17H19NOS/c1-3-18-13(2)15-7-4-14(5-8-15)6-9-16-10-11-17(12-19)20-16/h4-13,18H,3H2,1-2H3/b9-6+. The molecule has 2 nitrogen and oxygen atoms in total. The zero-order valence-electron chi connectivity index (χ0n) is 11.8. The Bertz CT molecular complexity index is 583. The Morgan fingerprint density at radius 1 is 1.10 bits per heavy atom. The average molecular weight is 285 g/mol. The van der Waals surface area contributed by atoms with Crippen LogP contribution in [-0.2, 0) is 0 Å². The van der Waals surface area contributed by atoms with E-state index in [-0.39, 0.29) is 0 Å². The number of carbonyl (C=O) groups excluding carboxylic acids is 1. The fourth-order valence-electron chi connectivity index (χ4n) is 2.02. The lowest BCUT2D eigenvalue weighted by Crippen LogP contribution is -2.17. The largest absolute Gasteiger partial charge is 0.310 e. The van der Waals surface area contributed by atoms with Gasteiger partial charge < -0.3 is 5.32 Å². The Hall–Kier alpha value is -1.71. The van der Waals surface area contributed by atoms with Crippen LogP contribution < -0.4 is 5.32 Å². The summed E-state index contributed by atoms with van der Waals surface area (Å²) in [7, 11) is 0. The van der Waals surface area contributed by atoms with Crippen molar-refractivity contribution in [2.75, 3.05) is 6.54 Å². The first-order valence-corrected chi connectivity index (χ1v) is 7.61. The molecule has 2 aromatic rings. The first kappa shape index (κ1) is 14.7. The fourth-order valence-corrected chi connectivity index (χ4v) is 2.75. The van der Waals surface area contributed by atoms with E-state index in [0.717, 1.165) is 22.6 Å². The van der Waals surface area contributed by atoms with E-state index in [1.165, 1.54) is 22.5 Å². The molecular formula is C17H19NOS. The van der Waals surface area contributed by atoms with Gasteiger partial charge in [-0.3, -0.25) is 4.79 Å². The predicted octanol–water partition coefficient (Wildman–Crippen LogP) is 4.40. The lowest BCUT2D eigenvalue weighted by atomic mass is 10.1. The lowest BCUT2D eigenvalue weighted by Gasteiger charge is -2.12. The molecular weight excluding hydrogens is 266 g/mol. The van der Waals surface area contributed by atoms with Crippen LogP contribution in [0.25, 0.3) is 12.2 Å². The number of hydrogen-bond acceptors (Lipinski definition) is 3. The highest BCUT2D eigenvalue weighted by Gasteiger charge is 2.02. The molecule has 0 aliphatic rings. The Morgan fingerprint density at radius 3 is 2.40 bits per heavy atom. The lowest BCUT2D eigenvalue weighted by molar-refractivity contribution is 0.112. The van der Waals surface area contributed by atoms with Gasteiger partial charge in [0.25, 0.3) is 0 Å². The number of hydrogen-bond donors (Lipinski definition) is 1. The molecule has 20 heavy (non-hydrogen) atoms. The Morgan fingerprint density at radius 2 is 1.80 bits per heavy atom. The van der Waals surface area contributed by atoms with Gasteiger partial charge in [0, 0.05) is 10.9 Å². The Balaban J connectivity index is 2.04. The minimum absolute atomic E-state index is 0.380. The molecule has 0 bridgehead atoms. The molecule has 0 amide bonds. The molecule has 0 fully saturated rings. The molecule has 0 aliphatic carbocycles. The zero-order valence-corrected chi connectivity index (χ0v) is 12.6. The van der Waals surface area contributed by atoms with Crippen LogP contribution in [0, 0.1) is 0 Å². The maximum Gasteiger partial charge on any atom is 0.160 e. The van der Waals surface area contributed by atoms with Crippen molar-refractivity contribution in [3.63, 3.8) is 0 Å². The maximum absolute atomic E-state index is 10.6. The second kappa shape index (κ2) is 7.17. The number of aldehydes is 1. The van der Waals surface area contributed by atoms with Crippen LogP contribution in [0.1, 0.15) is 45.6 Å². The highest BCUT2D eigenvalue weighted by Crippen LogP contribution is 2.19. The molecule has 0 saturated carbocycles. The van der Waals surface area contributed by atoms with Crippen molar-refractivity contribution in [3.05, 3.63) is 57.3 Å². The summed E-state index contributed by atoms with van der Waals surface area (Å²) in [4.78, 5) is 12.5. The molecule has 1 aromatic carbocycles. The normalized spacial score (nSPS) is 12.7. The SMILES string of the molecule is CCNC(C)c1ccc(/C=C/c2ccc(C=O)s2)cc1. The van der Waals surface area contributed by atoms with Gasteiger partial charge in [-0.1, -0.05) is 37.3 Å². The van der Waals surface area contributed by atoms with E-state index < -0.39 is 0 Å². The van der Waals surface area contributed by atoms with Crippen molar-refractivity contribution in [3.8, 4) is 0 Å². The topological polar surface area (TPSA) is 29.1 Å². The minimum Gasteiger partial charge on any atom is -0.310 e. The fraction of sp³-hybridized carbons (Fsp3) is 0.235. The highest BCUT2D eigenvalue weighted by atomic mass is 32.1. The molecule has 3 heteroatoms. The van der Waals surface area contributed by atoms with Gasteiger partial charge >= 0.3 is 0 Å². The van der Waals surface area contributed by atoms with Crippen molar-refractivity contribution in [1.29, 1.82) is 0 Å². The number of benzene rings is 1. The van der Waals surface area contributed by atoms with E-state index in [2.05, 4.69) is 49.5 Å². The van der Waals surface area contributed by atoms with Crippen LogP contribution in [0.4, 0.5) is 0 Å². The third kappa shape index (κ3) is 3.89. The van der Waals surface area contributed by atoms with Gasteiger partial charge in [-0.2, -0.15) is 0 Å². The smallest absolute Gasteiger partial charge is 0.160 e. The summed E-state index contributed by atoms with van der Waals surface area (Å²) in [6, 6.07) is 12.7. The first-order chi connectivity index (χ1) is 9.72. The quantitative estimate of drug-likeness (QED) is 0.797. The molecule has 1 atom stereocenters. The summed E-state index contributed by atoms with van der Waals surface area (Å²) in [6.45, 7) is 5.25. The van der Waals surface area contributed by atoms with Crippen LogP contribution >= 0.6 is 11.3 Å². The number of rotatable bonds is 6. The molecule has 2 rings (SSSR count). The van der Waals surface area contributed by atoms with Crippen molar-refractivity contribution < 1.29 is 4.79 Å². The number of nitrogens with one attached hydrogen (secondary N) is 1. The summed E-state index contributed by atoms with van der Waals surface area (Å²) in [5.74, 6) is 0. The molecule has 0 saturated heterocycles. The van der Waals surface area contributed by atoms with Gasteiger partial charge in [0.2, 0.25) is 0 Å². The molecule has 1 unspecified atom stereocenters. The monoisotopic (exact) mass is 285 g/mol. The van der Waals surface area contributed by atoms with Gasteiger partial charge in [-0.25, -0.2) is 0 Å². The summed E-state index contributed by atoms with van der Waals surface area (Å²) < 4.78 is 0. The van der Waals surface area contributed by atoms with Gasteiger partial charge in [-0.15, -0.1) is 11.3 Å². The van der Waals surface area contributed by atoms with Gasteiger partial charge in [0.05, 0.1) is 4.88 Å². The maximum atomic E-state index is 10.6.